The summed E-state index contributed by atoms with van der Waals surface area (Å²) >= 11 is 0. The maximum Gasteiger partial charge on any atom is 0.0904 e. The van der Waals surface area contributed by atoms with Crippen LogP contribution in [0.5, 0.6) is 0 Å². The fraction of sp³-hybridized carbons (Fsp3) is 0. The molecule has 0 unspecified atom stereocenters. The molecule has 15 heavy (non-hydrogen) atoms. The van der Waals surface area contributed by atoms with Gasteiger partial charge in [0, 0.05) is 24.8 Å². The Morgan fingerprint density at radius 2 is 1.47 bits per heavy atom. The molecule has 0 spiro atoms. The van der Waals surface area contributed by atoms with Gasteiger partial charge in [0.15, 0.2) is 0 Å². The topological polar surface area (TPSA) is 62.5 Å². The molecule has 0 fully saturated rings. The monoisotopic (exact) mass is 199 g/mol. The van der Waals surface area contributed by atoms with Crippen molar-refractivity contribution in [2.45, 2.75) is 0 Å². The Morgan fingerprint density at radius 3 is 2.13 bits per heavy atom. The summed E-state index contributed by atoms with van der Waals surface area (Å²) in [5, 5.41) is 7.79. The van der Waals surface area contributed by atoms with Gasteiger partial charge in [0.2, 0.25) is 0 Å². The lowest BCUT2D eigenvalue weighted by Crippen LogP contribution is -1.85. The molecule has 0 atom stereocenters. The predicted molar refractivity (Wildman–Crippen MR) is 56.6 cm³/mol. The first-order valence-corrected chi connectivity index (χ1v) is 4.42. The molecule has 5 heteroatoms. The van der Waals surface area contributed by atoms with Crippen LogP contribution in [-0.2, 0) is 0 Å². The van der Waals surface area contributed by atoms with Crippen LogP contribution < -0.4 is 5.43 Å². The fourth-order valence-corrected chi connectivity index (χ4v) is 0.978. The summed E-state index contributed by atoms with van der Waals surface area (Å²) in [7, 11) is 0. The number of nitrogens with one attached hydrogen (secondary N) is 1. The van der Waals surface area contributed by atoms with Crippen LogP contribution in [0.25, 0.3) is 0 Å². The average molecular weight is 199 g/mol. The minimum Gasteiger partial charge on any atom is -0.265 e. The summed E-state index contributed by atoms with van der Waals surface area (Å²) in [6.45, 7) is 0. The molecule has 0 aliphatic rings. The van der Waals surface area contributed by atoms with Gasteiger partial charge in [0.05, 0.1) is 11.4 Å². The van der Waals surface area contributed by atoms with Gasteiger partial charge < -0.3 is 0 Å². The number of anilines is 1. The van der Waals surface area contributed by atoms with Gasteiger partial charge in [-0.2, -0.15) is 0 Å². The second kappa shape index (κ2) is 4.80. The molecule has 0 saturated carbocycles. The van der Waals surface area contributed by atoms with E-state index in [-0.39, 0.29) is 0 Å². The number of hydrogen-bond acceptors (Lipinski definition) is 4. The standard InChI is InChI=1S/C10H9N5/c1-5-11-6-2-9(1)13-15-14-10-3-7-12-8-4-10/h1-8H,(H,11,12,13,14). The van der Waals surface area contributed by atoms with Crippen molar-refractivity contribution >= 4 is 11.4 Å². The third-order valence-electron chi connectivity index (χ3n) is 1.69. The molecule has 0 saturated heterocycles. The van der Waals surface area contributed by atoms with Crippen molar-refractivity contribution in [3.8, 4) is 0 Å². The Bertz CT molecular complexity index is 426. The first-order chi connectivity index (χ1) is 7.45. The zero-order valence-corrected chi connectivity index (χ0v) is 7.91. The highest BCUT2D eigenvalue weighted by Gasteiger charge is 1.87. The molecule has 74 valence electrons. The van der Waals surface area contributed by atoms with E-state index in [0.717, 1.165) is 11.4 Å². The van der Waals surface area contributed by atoms with Crippen molar-refractivity contribution in [3.63, 3.8) is 0 Å². The Balaban J connectivity index is 1.97. The van der Waals surface area contributed by atoms with Crippen LogP contribution in [0.4, 0.5) is 11.4 Å². The van der Waals surface area contributed by atoms with E-state index in [9.17, 15) is 0 Å². The van der Waals surface area contributed by atoms with E-state index in [1.165, 1.54) is 0 Å². The van der Waals surface area contributed by atoms with Crippen molar-refractivity contribution in [1.29, 1.82) is 0 Å². The normalized spacial score (nSPS) is 10.4. The quantitative estimate of drug-likeness (QED) is 0.610. The number of hydrogen-bond donors (Lipinski definition) is 1. The molecular formula is C10H9N5. The van der Waals surface area contributed by atoms with Gasteiger partial charge in [-0.15, -0.1) is 5.11 Å². The first-order valence-electron chi connectivity index (χ1n) is 4.42. The van der Waals surface area contributed by atoms with E-state index < -0.39 is 0 Å². The highest BCUT2D eigenvalue weighted by atomic mass is 15.4. The summed E-state index contributed by atoms with van der Waals surface area (Å²) in [6, 6.07) is 7.17. The molecule has 1 N–H and O–H groups in total. The Labute approximate surface area is 86.9 Å². The lowest BCUT2D eigenvalue weighted by atomic mass is 10.4. The molecule has 2 rings (SSSR count). The first kappa shape index (κ1) is 9.26. The minimum absolute atomic E-state index is 0.756. The molecule has 0 aliphatic heterocycles. The molecule has 0 bridgehead atoms. The summed E-state index contributed by atoms with van der Waals surface area (Å²) in [5.74, 6) is 0. The molecule has 0 radical (unpaired) electrons. The lowest BCUT2D eigenvalue weighted by molar-refractivity contribution is 1.12. The van der Waals surface area contributed by atoms with Crippen molar-refractivity contribution in [1.82, 2.24) is 9.97 Å². The van der Waals surface area contributed by atoms with Gasteiger partial charge in [-0.05, 0) is 24.3 Å². The zero-order chi connectivity index (χ0) is 10.3. The van der Waals surface area contributed by atoms with Gasteiger partial charge in [0.25, 0.3) is 0 Å². The molecule has 2 aromatic heterocycles. The minimum atomic E-state index is 0.756. The molecule has 0 aliphatic carbocycles. The van der Waals surface area contributed by atoms with Crippen LogP contribution in [-0.4, -0.2) is 9.97 Å². The SMILES string of the molecule is c1cc(N=NNc2ccncc2)ccn1. The lowest BCUT2D eigenvalue weighted by Gasteiger charge is -1.96. The summed E-state index contributed by atoms with van der Waals surface area (Å²) < 4.78 is 0. The van der Waals surface area contributed by atoms with Crippen molar-refractivity contribution in [2.24, 2.45) is 10.3 Å². The third kappa shape index (κ3) is 2.84. The van der Waals surface area contributed by atoms with Crippen LogP contribution in [0.1, 0.15) is 0 Å². The van der Waals surface area contributed by atoms with Crippen LogP contribution in [0.3, 0.4) is 0 Å². The summed E-state index contributed by atoms with van der Waals surface area (Å²) in [5.41, 5.74) is 4.40. The maximum atomic E-state index is 3.96. The zero-order valence-electron chi connectivity index (χ0n) is 7.91. The average Bonchev–Trinajstić information content (AvgIpc) is 2.32. The van der Waals surface area contributed by atoms with Gasteiger partial charge in [-0.3, -0.25) is 15.4 Å². The second-order valence-corrected chi connectivity index (χ2v) is 2.75. The van der Waals surface area contributed by atoms with Crippen LogP contribution in [0.15, 0.2) is 59.4 Å². The van der Waals surface area contributed by atoms with Crippen LogP contribution in [0.2, 0.25) is 0 Å². The molecule has 2 aromatic rings. The number of aromatic nitrogens is 2. The Hall–Kier alpha value is -2.30. The van der Waals surface area contributed by atoms with Crippen molar-refractivity contribution in [2.75, 3.05) is 5.43 Å². The summed E-state index contributed by atoms with van der Waals surface area (Å²) in [6.07, 6.45) is 6.70. The third-order valence-corrected chi connectivity index (χ3v) is 1.69. The van der Waals surface area contributed by atoms with Crippen LogP contribution >= 0.6 is 0 Å². The van der Waals surface area contributed by atoms with E-state index in [1.54, 1.807) is 36.9 Å². The van der Waals surface area contributed by atoms with Gasteiger partial charge in [-0.1, -0.05) is 5.22 Å². The predicted octanol–water partition coefficient (Wildman–Crippen LogP) is 2.59. The molecule has 0 amide bonds. The van der Waals surface area contributed by atoms with Crippen molar-refractivity contribution < 1.29 is 0 Å². The van der Waals surface area contributed by atoms with Gasteiger partial charge >= 0.3 is 0 Å². The van der Waals surface area contributed by atoms with E-state index in [2.05, 4.69) is 25.7 Å². The molecule has 0 aromatic carbocycles. The largest absolute Gasteiger partial charge is 0.265 e. The van der Waals surface area contributed by atoms with E-state index in [4.69, 9.17) is 0 Å². The Morgan fingerprint density at radius 1 is 0.867 bits per heavy atom. The van der Waals surface area contributed by atoms with E-state index in [1.807, 2.05) is 12.1 Å². The number of rotatable bonds is 3. The second-order valence-electron chi connectivity index (χ2n) is 2.75. The van der Waals surface area contributed by atoms with Gasteiger partial charge in [0.1, 0.15) is 0 Å². The van der Waals surface area contributed by atoms with Crippen molar-refractivity contribution in [3.05, 3.63) is 49.1 Å². The van der Waals surface area contributed by atoms with E-state index in [0.29, 0.717) is 0 Å². The molecular weight excluding hydrogens is 190 g/mol. The number of pyridine rings is 2. The molecule has 5 nitrogen and oxygen atoms in total. The van der Waals surface area contributed by atoms with Gasteiger partial charge in [-0.25, -0.2) is 0 Å². The smallest absolute Gasteiger partial charge is 0.0904 e. The van der Waals surface area contributed by atoms with Crippen LogP contribution in [0, 0.1) is 0 Å². The van der Waals surface area contributed by atoms with E-state index >= 15 is 0 Å². The highest BCUT2D eigenvalue weighted by molar-refractivity contribution is 5.40. The Kier molecular flexibility index (Phi) is 2.97. The fourth-order valence-electron chi connectivity index (χ4n) is 0.978. The summed E-state index contributed by atoms with van der Waals surface area (Å²) in [4.78, 5) is 7.77. The maximum absolute atomic E-state index is 3.96. The number of nitrogens with zero attached hydrogens (tertiary/aromatic N) is 4. The highest BCUT2D eigenvalue weighted by Crippen LogP contribution is 2.09. The molecule has 2 heterocycles.